The SMILES string of the molecule is CC(=O)C(O)[C@H]1OC(O)[C@@H](N)[C@@H](O)[C@@H]1O. The van der Waals surface area contributed by atoms with Crippen LogP contribution in [0.4, 0.5) is 0 Å². The monoisotopic (exact) mass is 221 g/mol. The molecule has 1 heterocycles. The van der Waals surface area contributed by atoms with E-state index in [1.807, 2.05) is 0 Å². The summed E-state index contributed by atoms with van der Waals surface area (Å²) in [5.74, 6) is -0.631. The second-order valence-corrected chi connectivity index (χ2v) is 3.61. The number of hydrogen-bond donors (Lipinski definition) is 5. The van der Waals surface area contributed by atoms with Gasteiger partial charge in [-0.15, -0.1) is 0 Å². The molecule has 2 unspecified atom stereocenters. The van der Waals surface area contributed by atoms with Gasteiger partial charge in [0.2, 0.25) is 0 Å². The van der Waals surface area contributed by atoms with E-state index >= 15 is 0 Å². The number of ether oxygens (including phenoxy) is 1. The van der Waals surface area contributed by atoms with Gasteiger partial charge < -0.3 is 30.9 Å². The minimum atomic E-state index is -1.60. The standard InChI is InChI=1S/C8H15NO6/c1-2(10)4(11)7-6(13)5(12)3(9)8(14)15-7/h3-8,11-14H,9H2,1H3/t3-,4?,5+,6-,7+,8?/m0/s1. The summed E-state index contributed by atoms with van der Waals surface area (Å²) in [6.45, 7) is 1.11. The Hall–Kier alpha value is -0.570. The summed E-state index contributed by atoms with van der Waals surface area (Å²) in [5.41, 5.74) is 5.30. The van der Waals surface area contributed by atoms with E-state index in [-0.39, 0.29) is 0 Å². The molecule has 7 nitrogen and oxygen atoms in total. The van der Waals surface area contributed by atoms with Crippen LogP contribution in [0.3, 0.4) is 0 Å². The highest BCUT2D eigenvalue weighted by Crippen LogP contribution is 2.21. The summed E-state index contributed by atoms with van der Waals surface area (Å²) >= 11 is 0. The number of Topliss-reactive ketones (excluding diaryl/α,β-unsaturated/α-hetero) is 1. The van der Waals surface area contributed by atoms with E-state index in [9.17, 15) is 25.2 Å². The van der Waals surface area contributed by atoms with Crippen LogP contribution in [0.2, 0.25) is 0 Å². The van der Waals surface area contributed by atoms with Gasteiger partial charge >= 0.3 is 0 Å². The molecule has 7 heteroatoms. The van der Waals surface area contributed by atoms with Gasteiger partial charge in [-0.05, 0) is 6.92 Å². The Balaban J connectivity index is 2.78. The van der Waals surface area contributed by atoms with E-state index in [2.05, 4.69) is 0 Å². The lowest BCUT2D eigenvalue weighted by atomic mass is 9.93. The number of aliphatic hydroxyl groups is 4. The molecule has 0 spiro atoms. The Bertz CT molecular complexity index is 247. The van der Waals surface area contributed by atoms with Crippen molar-refractivity contribution in [2.24, 2.45) is 5.73 Å². The second-order valence-electron chi connectivity index (χ2n) is 3.61. The second kappa shape index (κ2) is 4.52. The van der Waals surface area contributed by atoms with E-state index in [1.54, 1.807) is 0 Å². The minimum absolute atomic E-state index is 0.631. The van der Waals surface area contributed by atoms with Crippen LogP contribution in [0.5, 0.6) is 0 Å². The maximum Gasteiger partial charge on any atom is 0.173 e. The largest absolute Gasteiger partial charge is 0.388 e. The zero-order valence-electron chi connectivity index (χ0n) is 8.15. The van der Waals surface area contributed by atoms with Crippen LogP contribution in [0, 0.1) is 0 Å². The number of aliphatic hydroxyl groups excluding tert-OH is 4. The summed E-state index contributed by atoms with van der Waals surface area (Å²) < 4.78 is 4.75. The zero-order chi connectivity index (χ0) is 11.7. The number of carbonyl (C=O) groups excluding carboxylic acids is 1. The Morgan fingerprint density at radius 2 is 1.87 bits per heavy atom. The molecule has 6 N–H and O–H groups in total. The van der Waals surface area contributed by atoms with Crippen LogP contribution in [-0.4, -0.2) is 63.0 Å². The predicted molar refractivity (Wildman–Crippen MR) is 47.6 cm³/mol. The highest BCUT2D eigenvalue weighted by atomic mass is 16.6. The molecule has 0 aliphatic carbocycles. The van der Waals surface area contributed by atoms with Gasteiger partial charge in [-0.1, -0.05) is 0 Å². The highest BCUT2D eigenvalue weighted by molar-refractivity contribution is 5.80. The first-order valence-corrected chi connectivity index (χ1v) is 4.50. The molecule has 1 saturated heterocycles. The van der Waals surface area contributed by atoms with E-state index in [0.717, 1.165) is 6.92 Å². The van der Waals surface area contributed by atoms with Crippen molar-refractivity contribution in [3.05, 3.63) is 0 Å². The minimum Gasteiger partial charge on any atom is -0.388 e. The first kappa shape index (κ1) is 12.5. The molecular formula is C8H15NO6. The molecule has 1 rings (SSSR count). The maximum atomic E-state index is 10.8. The fourth-order valence-electron chi connectivity index (χ4n) is 1.42. The van der Waals surface area contributed by atoms with Gasteiger partial charge in [0.05, 0.1) is 6.04 Å². The molecule has 6 atom stereocenters. The smallest absolute Gasteiger partial charge is 0.173 e. The van der Waals surface area contributed by atoms with Gasteiger partial charge in [-0.2, -0.15) is 0 Å². The van der Waals surface area contributed by atoms with Crippen molar-refractivity contribution in [1.82, 2.24) is 0 Å². The zero-order valence-corrected chi connectivity index (χ0v) is 8.15. The lowest BCUT2D eigenvalue weighted by molar-refractivity contribution is -0.259. The summed E-state index contributed by atoms with van der Waals surface area (Å²) in [5, 5.41) is 37.4. The Morgan fingerprint density at radius 3 is 2.33 bits per heavy atom. The van der Waals surface area contributed by atoms with Gasteiger partial charge in [0, 0.05) is 0 Å². The number of rotatable bonds is 2. The molecule has 15 heavy (non-hydrogen) atoms. The molecule has 0 bridgehead atoms. The normalized spacial score (nSPS) is 43.7. The van der Waals surface area contributed by atoms with Crippen LogP contribution < -0.4 is 5.73 Å². The molecule has 1 fully saturated rings. The Morgan fingerprint density at radius 1 is 1.33 bits per heavy atom. The van der Waals surface area contributed by atoms with Crippen molar-refractivity contribution >= 4 is 5.78 Å². The molecule has 0 saturated carbocycles. The van der Waals surface area contributed by atoms with Crippen molar-refractivity contribution < 1.29 is 30.0 Å². The Labute approximate surface area is 86.1 Å². The Kier molecular flexibility index (Phi) is 3.77. The summed E-state index contributed by atoms with van der Waals surface area (Å²) in [6, 6.07) is -1.17. The summed E-state index contributed by atoms with van der Waals surface area (Å²) in [7, 11) is 0. The lowest BCUT2D eigenvalue weighted by Gasteiger charge is -2.40. The third kappa shape index (κ3) is 2.33. The van der Waals surface area contributed by atoms with Crippen LogP contribution in [0.15, 0.2) is 0 Å². The van der Waals surface area contributed by atoms with Crippen molar-refractivity contribution in [2.75, 3.05) is 0 Å². The fourth-order valence-corrected chi connectivity index (χ4v) is 1.42. The molecule has 88 valence electrons. The molecular weight excluding hydrogens is 206 g/mol. The predicted octanol–water partition coefficient (Wildman–Crippen LogP) is -3.30. The number of carbonyl (C=O) groups is 1. The van der Waals surface area contributed by atoms with Gasteiger partial charge in [-0.25, -0.2) is 0 Å². The van der Waals surface area contributed by atoms with Gasteiger partial charge in [0.15, 0.2) is 12.1 Å². The van der Waals surface area contributed by atoms with Crippen molar-refractivity contribution in [2.45, 2.75) is 43.7 Å². The molecule has 0 amide bonds. The third-order valence-electron chi connectivity index (χ3n) is 2.43. The number of ketones is 1. The molecule has 1 aliphatic heterocycles. The van der Waals surface area contributed by atoms with Gasteiger partial charge in [0.1, 0.15) is 24.4 Å². The summed E-state index contributed by atoms with van der Waals surface area (Å²) in [6.07, 6.45) is -7.46. The number of nitrogens with two attached hydrogens (primary N) is 1. The van der Waals surface area contributed by atoms with Gasteiger partial charge in [0.25, 0.3) is 0 Å². The van der Waals surface area contributed by atoms with E-state index in [4.69, 9.17) is 10.5 Å². The van der Waals surface area contributed by atoms with Crippen LogP contribution in [0.1, 0.15) is 6.92 Å². The van der Waals surface area contributed by atoms with Gasteiger partial charge in [-0.3, -0.25) is 4.79 Å². The van der Waals surface area contributed by atoms with E-state index in [1.165, 1.54) is 0 Å². The molecule has 0 radical (unpaired) electrons. The molecule has 1 aliphatic rings. The van der Waals surface area contributed by atoms with Crippen LogP contribution >= 0.6 is 0 Å². The molecule has 0 aromatic rings. The van der Waals surface area contributed by atoms with E-state index < -0.39 is 42.5 Å². The maximum absolute atomic E-state index is 10.8. The topological polar surface area (TPSA) is 133 Å². The molecule has 0 aromatic carbocycles. The first-order valence-electron chi connectivity index (χ1n) is 4.50. The fraction of sp³-hybridized carbons (Fsp3) is 0.875. The lowest BCUT2D eigenvalue weighted by Crippen LogP contribution is -2.64. The van der Waals surface area contributed by atoms with Crippen LogP contribution in [0.25, 0.3) is 0 Å². The average Bonchev–Trinajstić information content (AvgIpc) is 2.19. The van der Waals surface area contributed by atoms with E-state index in [0.29, 0.717) is 0 Å². The van der Waals surface area contributed by atoms with Crippen molar-refractivity contribution in [3.8, 4) is 0 Å². The average molecular weight is 221 g/mol. The van der Waals surface area contributed by atoms with Crippen molar-refractivity contribution in [3.63, 3.8) is 0 Å². The highest BCUT2D eigenvalue weighted by Gasteiger charge is 2.45. The molecule has 0 aromatic heterocycles. The third-order valence-corrected chi connectivity index (χ3v) is 2.43. The van der Waals surface area contributed by atoms with Crippen LogP contribution in [-0.2, 0) is 9.53 Å². The quantitative estimate of drug-likeness (QED) is 0.330. The van der Waals surface area contributed by atoms with Crippen molar-refractivity contribution in [1.29, 1.82) is 0 Å². The number of hydrogen-bond acceptors (Lipinski definition) is 7. The first-order chi connectivity index (χ1) is 6.86. The summed E-state index contributed by atoms with van der Waals surface area (Å²) in [4.78, 5) is 10.8.